The summed E-state index contributed by atoms with van der Waals surface area (Å²) in [6.45, 7) is 2.40. The predicted octanol–water partition coefficient (Wildman–Crippen LogP) is 2.96. The maximum absolute atomic E-state index is 12.1. The van der Waals surface area contributed by atoms with Crippen LogP contribution in [0.2, 0.25) is 0 Å². The van der Waals surface area contributed by atoms with Gasteiger partial charge in [-0.2, -0.15) is 0 Å². The quantitative estimate of drug-likeness (QED) is 0.629. The fraction of sp³-hybridized carbons (Fsp3) is 0.294. The Kier molecular flexibility index (Phi) is 5.44. The highest BCUT2D eigenvalue weighted by molar-refractivity contribution is 7.90. The van der Waals surface area contributed by atoms with Gasteiger partial charge in [0.05, 0.1) is 18.1 Å². The third-order valence-electron chi connectivity index (χ3n) is 3.26. The summed E-state index contributed by atoms with van der Waals surface area (Å²) in [5, 5.41) is 0. The summed E-state index contributed by atoms with van der Waals surface area (Å²) < 4.78 is 29.6. The van der Waals surface area contributed by atoms with Crippen molar-refractivity contribution in [1.82, 2.24) is 0 Å². The highest BCUT2D eigenvalue weighted by atomic mass is 32.2. The Morgan fingerprint density at radius 2 is 1.64 bits per heavy atom. The number of nitrogen functional groups attached to an aromatic ring is 1. The molecule has 0 saturated heterocycles. The van der Waals surface area contributed by atoms with Gasteiger partial charge in [0, 0.05) is 5.69 Å². The molecule has 0 amide bonds. The fourth-order valence-electron chi connectivity index (χ4n) is 2.04. The van der Waals surface area contributed by atoms with E-state index in [0.29, 0.717) is 18.7 Å². The number of aryl methyl sites for hydroxylation is 1. The summed E-state index contributed by atoms with van der Waals surface area (Å²) in [4.78, 5) is 0. The van der Waals surface area contributed by atoms with E-state index in [1.54, 1.807) is 24.3 Å². The molecule has 0 atom stereocenters. The number of hydrogen-bond acceptors (Lipinski definition) is 4. The van der Waals surface area contributed by atoms with Crippen LogP contribution in [0.4, 0.5) is 5.69 Å². The van der Waals surface area contributed by atoms with E-state index in [-0.39, 0.29) is 11.5 Å². The summed E-state index contributed by atoms with van der Waals surface area (Å²) in [6, 6.07) is 14.6. The minimum Gasteiger partial charge on any atom is -0.494 e. The molecule has 2 aromatic rings. The van der Waals surface area contributed by atoms with Gasteiger partial charge in [-0.25, -0.2) is 8.42 Å². The van der Waals surface area contributed by atoms with Crippen LogP contribution in [0, 0.1) is 6.92 Å². The van der Waals surface area contributed by atoms with Gasteiger partial charge in [0.15, 0.2) is 9.84 Å². The highest BCUT2D eigenvalue weighted by Crippen LogP contribution is 2.13. The molecule has 0 aliphatic heterocycles. The smallest absolute Gasteiger partial charge is 0.154 e. The summed E-state index contributed by atoms with van der Waals surface area (Å²) in [5.74, 6) is 0.919. The molecule has 0 aliphatic carbocycles. The van der Waals surface area contributed by atoms with Crippen LogP contribution in [0.25, 0.3) is 0 Å². The number of ether oxygens (including phenoxy) is 1. The van der Waals surface area contributed by atoms with Crippen LogP contribution in [0.15, 0.2) is 48.5 Å². The van der Waals surface area contributed by atoms with Gasteiger partial charge in [0.2, 0.25) is 0 Å². The Balaban J connectivity index is 1.77. The lowest BCUT2D eigenvalue weighted by atomic mass is 10.2. The zero-order valence-corrected chi connectivity index (χ0v) is 13.5. The monoisotopic (exact) mass is 319 g/mol. The first kappa shape index (κ1) is 16.4. The lowest BCUT2D eigenvalue weighted by molar-refractivity contribution is 0.317. The molecular weight excluding hydrogens is 298 g/mol. The van der Waals surface area contributed by atoms with E-state index >= 15 is 0 Å². The number of hydrogen-bond donors (Lipinski definition) is 1. The second-order valence-corrected chi connectivity index (χ2v) is 7.53. The first-order valence-corrected chi connectivity index (χ1v) is 9.01. The van der Waals surface area contributed by atoms with Gasteiger partial charge < -0.3 is 10.5 Å². The zero-order valence-electron chi connectivity index (χ0n) is 12.7. The third kappa shape index (κ3) is 5.41. The van der Waals surface area contributed by atoms with Crippen LogP contribution >= 0.6 is 0 Å². The minimum absolute atomic E-state index is 0.0395. The maximum atomic E-state index is 12.1. The average molecular weight is 319 g/mol. The number of sulfone groups is 1. The van der Waals surface area contributed by atoms with Crippen molar-refractivity contribution in [2.24, 2.45) is 0 Å². The lowest BCUT2D eigenvalue weighted by Gasteiger charge is -2.07. The fourth-order valence-corrected chi connectivity index (χ4v) is 3.45. The molecule has 2 rings (SSSR count). The van der Waals surface area contributed by atoms with Gasteiger partial charge in [-0.05, 0) is 43.2 Å². The standard InChI is InChI=1S/C17H21NO3S/c1-14-3-9-17(10-4-14)21-11-2-12-22(19,20)13-15-5-7-16(18)8-6-15/h3-10H,2,11-13,18H2,1H3. The Labute approximate surface area is 131 Å². The molecule has 2 aromatic carbocycles. The van der Waals surface area contributed by atoms with E-state index in [2.05, 4.69) is 0 Å². The molecule has 0 saturated carbocycles. The van der Waals surface area contributed by atoms with E-state index < -0.39 is 9.84 Å². The Morgan fingerprint density at radius 1 is 1.00 bits per heavy atom. The van der Waals surface area contributed by atoms with Crippen LogP contribution in [0.1, 0.15) is 17.5 Å². The Morgan fingerprint density at radius 3 is 2.27 bits per heavy atom. The SMILES string of the molecule is Cc1ccc(OCCCS(=O)(=O)Cc2ccc(N)cc2)cc1. The van der Waals surface area contributed by atoms with Crippen LogP contribution in [0.3, 0.4) is 0 Å². The molecule has 118 valence electrons. The highest BCUT2D eigenvalue weighted by Gasteiger charge is 2.11. The zero-order chi connectivity index (χ0) is 16.0. The van der Waals surface area contributed by atoms with Crippen molar-refractivity contribution in [3.63, 3.8) is 0 Å². The Bertz CT molecular complexity index is 692. The normalized spacial score (nSPS) is 11.3. The van der Waals surface area contributed by atoms with Crippen molar-refractivity contribution in [3.05, 3.63) is 59.7 Å². The molecule has 0 aromatic heterocycles. The van der Waals surface area contributed by atoms with Gasteiger partial charge in [-0.1, -0.05) is 29.8 Å². The lowest BCUT2D eigenvalue weighted by Crippen LogP contribution is -2.12. The molecule has 0 aliphatic rings. The molecule has 22 heavy (non-hydrogen) atoms. The summed E-state index contributed by atoms with van der Waals surface area (Å²) in [7, 11) is -3.13. The molecular formula is C17H21NO3S. The van der Waals surface area contributed by atoms with Crippen molar-refractivity contribution in [2.45, 2.75) is 19.1 Å². The summed E-state index contributed by atoms with van der Waals surface area (Å²) >= 11 is 0. The van der Waals surface area contributed by atoms with E-state index in [1.807, 2.05) is 31.2 Å². The first-order valence-electron chi connectivity index (χ1n) is 7.19. The largest absolute Gasteiger partial charge is 0.494 e. The summed E-state index contributed by atoms with van der Waals surface area (Å²) in [5.41, 5.74) is 8.14. The number of nitrogens with two attached hydrogens (primary N) is 1. The molecule has 4 nitrogen and oxygen atoms in total. The Hall–Kier alpha value is -2.01. The van der Waals surface area contributed by atoms with E-state index in [0.717, 1.165) is 11.3 Å². The van der Waals surface area contributed by atoms with Gasteiger partial charge >= 0.3 is 0 Å². The molecule has 2 N–H and O–H groups in total. The number of rotatable bonds is 7. The summed E-state index contributed by atoms with van der Waals surface area (Å²) in [6.07, 6.45) is 0.477. The van der Waals surface area contributed by atoms with Crippen LogP contribution in [-0.2, 0) is 15.6 Å². The topological polar surface area (TPSA) is 69.4 Å². The van der Waals surface area contributed by atoms with Crippen molar-refractivity contribution in [3.8, 4) is 5.75 Å². The second kappa shape index (κ2) is 7.31. The number of benzene rings is 2. The van der Waals surface area contributed by atoms with Gasteiger partial charge in [-0.3, -0.25) is 0 Å². The maximum Gasteiger partial charge on any atom is 0.154 e. The van der Waals surface area contributed by atoms with E-state index in [9.17, 15) is 8.42 Å². The van der Waals surface area contributed by atoms with Crippen LogP contribution < -0.4 is 10.5 Å². The molecule has 0 unspecified atom stereocenters. The van der Waals surface area contributed by atoms with Crippen molar-refractivity contribution in [2.75, 3.05) is 18.1 Å². The average Bonchev–Trinajstić information content (AvgIpc) is 2.48. The molecule has 0 bridgehead atoms. The van der Waals surface area contributed by atoms with Gasteiger partial charge in [0.25, 0.3) is 0 Å². The first-order chi connectivity index (χ1) is 10.4. The van der Waals surface area contributed by atoms with Crippen molar-refractivity contribution in [1.29, 1.82) is 0 Å². The van der Waals surface area contributed by atoms with E-state index in [1.165, 1.54) is 5.56 Å². The van der Waals surface area contributed by atoms with E-state index in [4.69, 9.17) is 10.5 Å². The molecule has 0 radical (unpaired) electrons. The predicted molar refractivity (Wildman–Crippen MR) is 89.6 cm³/mol. The molecule has 0 heterocycles. The van der Waals surface area contributed by atoms with Crippen LogP contribution in [-0.4, -0.2) is 20.8 Å². The third-order valence-corrected chi connectivity index (χ3v) is 4.94. The molecule has 0 fully saturated rings. The minimum atomic E-state index is -3.13. The molecule has 0 spiro atoms. The number of anilines is 1. The van der Waals surface area contributed by atoms with Crippen molar-refractivity contribution < 1.29 is 13.2 Å². The van der Waals surface area contributed by atoms with Gasteiger partial charge in [0.1, 0.15) is 5.75 Å². The second-order valence-electron chi connectivity index (χ2n) is 5.35. The van der Waals surface area contributed by atoms with Crippen LogP contribution in [0.5, 0.6) is 5.75 Å². The molecule has 5 heteroatoms. The van der Waals surface area contributed by atoms with Gasteiger partial charge in [-0.15, -0.1) is 0 Å². The van der Waals surface area contributed by atoms with Crippen molar-refractivity contribution >= 4 is 15.5 Å².